The van der Waals surface area contributed by atoms with Crippen LogP contribution in [-0.4, -0.2) is 26.2 Å². The van der Waals surface area contributed by atoms with Gasteiger partial charge in [-0.25, -0.2) is 4.98 Å². The summed E-state index contributed by atoms with van der Waals surface area (Å²) in [5.41, 5.74) is 4.01. The highest BCUT2D eigenvalue weighted by atomic mass is 32.1. The van der Waals surface area contributed by atoms with Crippen LogP contribution in [0.2, 0.25) is 0 Å². The van der Waals surface area contributed by atoms with E-state index in [2.05, 4.69) is 15.2 Å². The minimum atomic E-state index is -1.21. The van der Waals surface area contributed by atoms with Crippen molar-refractivity contribution in [3.05, 3.63) is 17.0 Å². The van der Waals surface area contributed by atoms with Crippen molar-refractivity contribution in [2.75, 3.05) is 0 Å². The summed E-state index contributed by atoms with van der Waals surface area (Å²) in [5.74, 6) is -0.377. The molecular weight excluding hydrogens is 244 g/mol. The Balaban J connectivity index is 2.34. The zero-order valence-electron chi connectivity index (χ0n) is 9.17. The number of thiazole rings is 1. The Morgan fingerprint density at radius 1 is 1.53 bits per heavy atom. The molecule has 0 bridgehead atoms. The monoisotopic (exact) mass is 254 g/mol. The molecule has 0 aliphatic heterocycles. The van der Waals surface area contributed by atoms with Crippen LogP contribution in [0, 0.1) is 0 Å². The molecule has 0 radical (unpaired) electrons. The van der Waals surface area contributed by atoms with Gasteiger partial charge in [0.25, 0.3) is 11.8 Å². The third-order valence-electron chi connectivity index (χ3n) is 1.89. The van der Waals surface area contributed by atoms with Crippen molar-refractivity contribution in [3.63, 3.8) is 0 Å². The smallest absolute Gasteiger partial charge is 0.276 e. The van der Waals surface area contributed by atoms with Gasteiger partial charge in [-0.1, -0.05) is 0 Å². The molecule has 0 fully saturated rings. The van der Waals surface area contributed by atoms with Crippen molar-refractivity contribution in [1.29, 1.82) is 0 Å². The summed E-state index contributed by atoms with van der Waals surface area (Å²) in [6, 6.07) is 0. The number of hydrogen-bond acceptors (Lipinski definition) is 7. The molecule has 2 aromatic heterocycles. The Morgan fingerprint density at radius 2 is 2.24 bits per heavy atom. The Labute approximate surface area is 100 Å². The average molecular weight is 254 g/mol. The minimum absolute atomic E-state index is 0.0864. The van der Waals surface area contributed by atoms with E-state index in [1.807, 2.05) is 0 Å². The number of primary amides is 1. The number of hydrogen-bond donors (Lipinski definition) is 2. The van der Waals surface area contributed by atoms with Gasteiger partial charge in [-0.2, -0.15) is 0 Å². The van der Waals surface area contributed by atoms with Crippen LogP contribution in [0.3, 0.4) is 0 Å². The fourth-order valence-electron chi connectivity index (χ4n) is 1.04. The summed E-state index contributed by atoms with van der Waals surface area (Å²) in [7, 11) is 0. The van der Waals surface area contributed by atoms with E-state index in [9.17, 15) is 9.90 Å². The summed E-state index contributed by atoms with van der Waals surface area (Å²) in [5, 5.41) is 19.0. The van der Waals surface area contributed by atoms with E-state index in [1.165, 1.54) is 30.6 Å². The van der Waals surface area contributed by atoms with E-state index in [4.69, 9.17) is 10.2 Å². The lowest BCUT2D eigenvalue weighted by Gasteiger charge is -2.09. The maximum Gasteiger partial charge on any atom is 0.276 e. The van der Waals surface area contributed by atoms with Crippen LogP contribution in [-0.2, 0) is 5.60 Å². The van der Waals surface area contributed by atoms with Gasteiger partial charge in [-0.3, -0.25) is 4.79 Å². The molecule has 7 nitrogen and oxygen atoms in total. The molecule has 90 valence electrons. The van der Waals surface area contributed by atoms with Gasteiger partial charge in [0.2, 0.25) is 5.89 Å². The summed E-state index contributed by atoms with van der Waals surface area (Å²) >= 11 is 1.17. The molecule has 8 heteroatoms. The maximum absolute atomic E-state index is 10.9. The molecule has 0 aliphatic carbocycles. The highest BCUT2D eigenvalue weighted by Gasteiger charge is 2.25. The molecule has 0 spiro atoms. The van der Waals surface area contributed by atoms with E-state index >= 15 is 0 Å². The fourth-order valence-corrected chi connectivity index (χ4v) is 1.77. The molecular formula is C9H10N4O3S. The standard InChI is InChI=1S/C9H10N4O3S/c1-9(2,15)8-13-12-6(16-8)7-11-4(3-17-7)5(10)14/h3,15H,1-2H3,(H2,10,14). The molecule has 3 N–H and O–H groups in total. The predicted octanol–water partition coefficient (Wildman–Crippen LogP) is 0.519. The number of nitrogens with zero attached hydrogens (tertiary/aromatic N) is 3. The first-order valence-corrected chi connectivity index (χ1v) is 5.58. The minimum Gasteiger partial charge on any atom is -0.415 e. The average Bonchev–Trinajstić information content (AvgIpc) is 2.85. The molecule has 0 unspecified atom stereocenters. The van der Waals surface area contributed by atoms with Crippen LogP contribution >= 0.6 is 11.3 Å². The Kier molecular flexibility index (Phi) is 2.68. The first-order chi connectivity index (χ1) is 7.88. The van der Waals surface area contributed by atoms with Crippen LogP contribution in [0.25, 0.3) is 10.9 Å². The van der Waals surface area contributed by atoms with Gasteiger partial charge in [-0.05, 0) is 13.8 Å². The third kappa shape index (κ3) is 2.32. The van der Waals surface area contributed by atoms with Crippen molar-refractivity contribution in [3.8, 4) is 10.9 Å². The first-order valence-electron chi connectivity index (χ1n) is 4.70. The van der Waals surface area contributed by atoms with Crippen molar-refractivity contribution in [1.82, 2.24) is 15.2 Å². The predicted molar refractivity (Wildman–Crippen MR) is 59.2 cm³/mol. The second kappa shape index (κ2) is 3.90. The number of nitrogens with two attached hydrogens (primary N) is 1. The van der Waals surface area contributed by atoms with E-state index in [-0.39, 0.29) is 17.5 Å². The lowest BCUT2D eigenvalue weighted by molar-refractivity contribution is 0.0488. The number of rotatable bonds is 3. The second-order valence-electron chi connectivity index (χ2n) is 3.87. The highest BCUT2D eigenvalue weighted by molar-refractivity contribution is 7.13. The molecule has 2 aromatic rings. The Morgan fingerprint density at radius 3 is 2.71 bits per heavy atom. The molecule has 17 heavy (non-hydrogen) atoms. The number of amides is 1. The molecule has 2 heterocycles. The molecule has 0 aliphatic rings. The van der Waals surface area contributed by atoms with Crippen LogP contribution in [0.5, 0.6) is 0 Å². The van der Waals surface area contributed by atoms with Crippen molar-refractivity contribution < 1.29 is 14.3 Å². The number of aliphatic hydroxyl groups is 1. The molecule has 2 rings (SSSR count). The van der Waals surface area contributed by atoms with Gasteiger partial charge in [0, 0.05) is 5.38 Å². The van der Waals surface area contributed by atoms with Crippen LogP contribution < -0.4 is 5.73 Å². The van der Waals surface area contributed by atoms with Crippen LogP contribution in [0.4, 0.5) is 0 Å². The quantitative estimate of drug-likeness (QED) is 0.825. The summed E-state index contributed by atoms with van der Waals surface area (Å²) in [6.45, 7) is 3.06. The third-order valence-corrected chi connectivity index (χ3v) is 2.72. The number of aromatic nitrogens is 3. The summed E-state index contributed by atoms with van der Waals surface area (Å²) in [6.07, 6.45) is 0. The van der Waals surface area contributed by atoms with Crippen molar-refractivity contribution >= 4 is 17.2 Å². The maximum atomic E-state index is 10.9. The SMILES string of the molecule is CC(C)(O)c1nnc(-c2nc(C(N)=O)cs2)o1. The van der Waals surface area contributed by atoms with Gasteiger partial charge in [-0.15, -0.1) is 21.5 Å². The van der Waals surface area contributed by atoms with Crippen LogP contribution in [0.1, 0.15) is 30.2 Å². The molecule has 0 saturated carbocycles. The summed E-state index contributed by atoms with van der Waals surface area (Å²) in [4.78, 5) is 14.8. The second-order valence-corrected chi connectivity index (χ2v) is 4.73. The van der Waals surface area contributed by atoms with E-state index in [0.717, 1.165) is 0 Å². The van der Waals surface area contributed by atoms with Crippen LogP contribution in [0.15, 0.2) is 9.80 Å². The summed E-state index contributed by atoms with van der Waals surface area (Å²) < 4.78 is 5.25. The largest absolute Gasteiger partial charge is 0.415 e. The van der Waals surface area contributed by atoms with E-state index in [1.54, 1.807) is 0 Å². The normalized spacial score (nSPS) is 11.7. The fraction of sp³-hybridized carbons (Fsp3) is 0.333. The van der Waals surface area contributed by atoms with E-state index in [0.29, 0.717) is 5.01 Å². The van der Waals surface area contributed by atoms with Crippen molar-refractivity contribution in [2.24, 2.45) is 5.73 Å². The van der Waals surface area contributed by atoms with Gasteiger partial charge < -0.3 is 15.3 Å². The van der Waals surface area contributed by atoms with Gasteiger partial charge in [0.15, 0.2) is 5.01 Å². The van der Waals surface area contributed by atoms with Gasteiger partial charge >= 0.3 is 0 Å². The molecule has 0 aromatic carbocycles. The lowest BCUT2D eigenvalue weighted by atomic mass is 10.1. The Bertz CT molecular complexity index is 555. The molecule has 0 atom stereocenters. The zero-order chi connectivity index (χ0) is 12.6. The zero-order valence-corrected chi connectivity index (χ0v) is 9.98. The lowest BCUT2D eigenvalue weighted by Crippen LogP contribution is -2.15. The molecule has 0 saturated heterocycles. The topological polar surface area (TPSA) is 115 Å². The van der Waals surface area contributed by atoms with Gasteiger partial charge in [0.05, 0.1) is 0 Å². The number of carbonyl (C=O) groups excluding carboxylic acids is 1. The van der Waals surface area contributed by atoms with E-state index < -0.39 is 11.5 Å². The Hall–Kier alpha value is -1.80. The first kappa shape index (κ1) is 11.7. The van der Waals surface area contributed by atoms with Gasteiger partial charge in [0.1, 0.15) is 11.3 Å². The number of carbonyl (C=O) groups is 1. The highest BCUT2D eigenvalue weighted by Crippen LogP contribution is 2.25. The molecule has 1 amide bonds. The van der Waals surface area contributed by atoms with Crippen molar-refractivity contribution in [2.45, 2.75) is 19.4 Å².